The number of rotatable bonds is 0. The average molecular weight is 274 g/mol. The molecule has 0 radical (unpaired) electrons. The maximum atomic E-state index is 12.8. The molecule has 1 saturated carbocycles. The molecule has 0 unspecified atom stereocenters. The molecule has 4 rings (SSSR count). The molecule has 3 fully saturated rings. The van der Waals surface area contributed by atoms with E-state index in [1.807, 2.05) is 13.8 Å². The molecule has 4 atom stereocenters. The quantitative estimate of drug-likeness (QED) is 0.638. The highest BCUT2D eigenvalue weighted by Crippen LogP contribution is 2.59. The van der Waals surface area contributed by atoms with Gasteiger partial charge in [0.2, 0.25) is 0 Å². The van der Waals surface area contributed by atoms with Crippen LogP contribution in [0.25, 0.3) is 0 Å². The maximum Gasteiger partial charge on any atom is 0.165 e. The predicted molar refractivity (Wildman–Crippen MR) is 74.2 cm³/mol. The Bertz CT molecular complexity index is 530. The van der Waals surface area contributed by atoms with Crippen molar-refractivity contribution in [1.82, 2.24) is 0 Å². The molecule has 2 aliphatic carbocycles. The van der Waals surface area contributed by atoms with Gasteiger partial charge in [0.15, 0.2) is 5.78 Å². The van der Waals surface area contributed by atoms with Crippen LogP contribution in [-0.2, 0) is 14.3 Å². The molecule has 20 heavy (non-hydrogen) atoms. The van der Waals surface area contributed by atoms with Gasteiger partial charge in [0, 0.05) is 18.3 Å². The number of hydrogen-bond acceptors (Lipinski definition) is 3. The fraction of sp³-hybridized carbons (Fsp3) is 0.765. The van der Waals surface area contributed by atoms with Crippen LogP contribution in [-0.4, -0.2) is 23.3 Å². The summed E-state index contributed by atoms with van der Waals surface area (Å²) in [5.74, 6) is 0.827. The van der Waals surface area contributed by atoms with Gasteiger partial charge in [-0.3, -0.25) is 9.59 Å². The second-order valence-electron chi connectivity index (χ2n) is 7.81. The molecule has 2 aliphatic heterocycles. The number of allylic oxidation sites excluding steroid dienone is 1. The molecule has 0 aromatic carbocycles. The number of ketones is 2. The van der Waals surface area contributed by atoms with Crippen molar-refractivity contribution in [3.8, 4) is 0 Å². The fourth-order valence-electron chi connectivity index (χ4n) is 5.15. The van der Waals surface area contributed by atoms with Gasteiger partial charge in [-0.2, -0.15) is 0 Å². The van der Waals surface area contributed by atoms with E-state index in [4.69, 9.17) is 4.74 Å². The SMILES string of the molecule is CC1(C)CC(=O)[C@@H]2[C@@H]3CCCC=C3C[C@@]23CC(=O)[C@@H]1O3. The van der Waals surface area contributed by atoms with Crippen LogP contribution in [0, 0.1) is 17.3 Å². The monoisotopic (exact) mass is 274 g/mol. The Kier molecular flexibility index (Phi) is 2.44. The number of carbonyl (C=O) groups is 2. The highest BCUT2D eigenvalue weighted by molar-refractivity contribution is 5.94. The van der Waals surface area contributed by atoms with Crippen molar-refractivity contribution in [2.45, 2.75) is 64.1 Å². The van der Waals surface area contributed by atoms with Crippen LogP contribution >= 0.6 is 0 Å². The molecule has 0 aromatic heterocycles. The summed E-state index contributed by atoms with van der Waals surface area (Å²) in [6.45, 7) is 4.01. The predicted octanol–water partition coefficient (Wildman–Crippen LogP) is 2.83. The van der Waals surface area contributed by atoms with E-state index >= 15 is 0 Å². The summed E-state index contributed by atoms with van der Waals surface area (Å²) in [6, 6.07) is 0. The van der Waals surface area contributed by atoms with Crippen LogP contribution in [0.4, 0.5) is 0 Å². The Hall–Kier alpha value is -0.960. The van der Waals surface area contributed by atoms with E-state index in [1.54, 1.807) is 0 Å². The normalized spacial score (nSPS) is 45.7. The largest absolute Gasteiger partial charge is 0.362 e. The fourth-order valence-corrected chi connectivity index (χ4v) is 5.15. The number of carbonyl (C=O) groups excluding carboxylic acids is 2. The molecule has 3 heteroatoms. The highest BCUT2D eigenvalue weighted by Gasteiger charge is 2.65. The molecule has 2 saturated heterocycles. The van der Waals surface area contributed by atoms with E-state index in [2.05, 4.69) is 6.08 Å². The Morgan fingerprint density at radius 1 is 1.15 bits per heavy atom. The molecule has 1 spiro atoms. The second kappa shape index (κ2) is 3.82. The van der Waals surface area contributed by atoms with Crippen molar-refractivity contribution in [2.75, 3.05) is 0 Å². The zero-order valence-corrected chi connectivity index (χ0v) is 12.3. The maximum absolute atomic E-state index is 12.8. The van der Waals surface area contributed by atoms with Crippen LogP contribution in [0.5, 0.6) is 0 Å². The Morgan fingerprint density at radius 3 is 2.75 bits per heavy atom. The van der Waals surface area contributed by atoms with E-state index < -0.39 is 5.60 Å². The smallest absolute Gasteiger partial charge is 0.165 e. The average Bonchev–Trinajstić information content (AvgIpc) is 2.83. The van der Waals surface area contributed by atoms with Gasteiger partial charge in [0.1, 0.15) is 11.9 Å². The zero-order valence-electron chi connectivity index (χ0n) is 12.3. The first-order valence-electron chi connectivity index (χ1n) is 7.85. The summed E-state index contributed by atoms with van der Waals surface area (Å²) in [5.41, 5.74) is 0.552. The summed E-state index contributed by atoms with van der Waals surface area (Å²) >= 11 is 0. The summed E-state index contributed by atoms with van der Waals surface area (Å²) in [6.07, 6.45) is 7.04. The van der Waals surface area contributed by atoms with Crippen LogP contribution in [0.15, 0.2) is 11.6 Å². The van der Waals surface area contributed by atoms with Crippen LogP contribution < -0.4 is 0 Å². The number of Topliss-reactive ketones (excluding diaryl/α,β-unsaturated/α-hetero) is 2. The minimum absolute atomic E-state index is 0.0650. The lowest BCUT2D eigenvalue weighted by atomic mass is 9.70. The van der Waals surface area contributed by atoms with Gasteiger partial charge in [0.25, 0.3) is 0 Å². The molecule has 2 bridgehead atoms. The molecular formula is C17H22O3. The lowest BCUT2D eigenvalue weighted by Gasteiger charge is -2.30. The highest BCUT2D eigenvalue weighted by atomic mass is 16.5. The van der Waals surface area contributed by atoms with Crippen molar-refractivity contribution in [2.24, 2.45) is 17.3 Å². The lowest BCUT2D eigenvalue weighted by Crippen LogP contribution is -2.40. The van der Waals surface area contributed by atoms with Crippen molar-refractivity contribution < 1.29 is 14.3 Å². The molecule has 0 aromatic rings. The first-order chi connectivity index (χ1) is 9.43. The van der Waals surface area contributed by atoms with E-state index in [0.717, 1.165) is 25.7 Å². The van der Waals surface area contributed by atoms with Crippen LogP contribution in [0.3, 0.4) is 0 Å². The first kappa shape index (κ1) is 12.8. The third-order valence-corrected chi connectivity index (χ3v) is 5.88. The van der Waals surface area contributed by atoms with Gasteiger partial charge >= 0.3 is 0 Å². The topological polar surface area (TPSA) is 43.4 Å². The second-order valence-corrected chi connectivity index (χ2v) is 7.81. The summed E-state index contributed by atoms with van der Waals surface area (Å²) in [7, 11) is 0. The van der Waals surface area contributed by atoms with Gasteiger partial charge < -0.3 is 4.74 Å². The lowest BCUT2D eigenvalue weighted by molar-refractivity contribution is -0.133. The summed E-state index contributed by atoms with van der Waals surface area (Å²) in [5, 5.41) is 0. The molecular weight excluding hydrogens is 252 g/mol. The third kappa shape index (κ3) is 1.50. The Balaban J connectivity index is 1.83. The van der Waals surface area contributed by atoms with E-state index in [-0.39, 0.29) is 23.2 Å². The number of ether oxygens (including phenoxy) is 1. The minimum Gasteiger partial charge on any atom is -0.362 e. The van der Waals surface area contributed by atoms with Crippen LogP contribution in [0.2, 0.25) is 0 Å². The van der Waals surface area contributed by atoms with Gasteiger partial charge in [0.05, 0.1) is 11.5 Å². The van der Waals surface area contributed by atoms with Gasteiger partial charge in [-0.25, -0.2) is 0 Å². The van der Waals surface area contributed by atoms with Crippen molar-refractivity contribution in [3.63, 3.8) is 0 Å². The molecule has 108 valence electrons. The van der Waals surface area contributed by atoms with E-state index in [9.17, 15) is 9.59 Å². The molecule has 3 nitrogen and oxygen atoms in total. The molecule has 2 heterocycles. The molecule has 0 amide bonds. The number of fused-ring (bicyclic) bond motifs is 3. The van der Waals surface area contributed by atoms with Gasteiger partial charge in [-0.15, -0.1) is 0 Å². The van der Waals surface area contributed by atoms with Crippen molar-refractivity contribution in [3.05, 3.63) is 11.6 Å². The van der Waals surface area contributed by atoms with Crippen LogP contribution in [0.1, 0.15) is 52.4 Å². The molecule has 0 N–H and O–H groups in total. The Morgan fingerprint density at radius 2 is 1.95 bits per heavy atom. The summed E-state index contributed by atoms with van der Waals surface area (Å²) in [4.78, 5) is 25.3. The minimum atomic E-state index is -0.493. The summed E-state index contributed by atoms with van der Waals surface area (Å²) < 4.78 is 6.31. The van der Waals surface area contributed by atoms with E-state index in [0.29, 0.717) is 24.5 Å². The number of hydrogen-bond donors (Lipinski definition) is 0. The first-order valence-corrected chi connectivity index (χ1v) is 7.85. The molecule has 4 aliphatic rings. The van der Waals surface area contributed by atoms with E-state index in [1.165, 1.54) is 5.57 Å². The Labute approximate surface area is 119 Å². The standard InChI is InChI=1S/C17H22O3/c1-16(2)8-12(18)14-11-6-4-3-5-10(11)7-17(14)9-13(19)15(16)20-17/h5,11,14-15H,3-4,6-9H2,1-2H3/t11-,14+,15+,17-/m1/s1. The van der Waals surface area contributed by atoms with Gasteiger partial charge in [-0.1, -0.05) is 25.5 Å². The van der Waals surface area contributed by atoms with Gasteiger partial charge in [-0.05, 0) is 31.6 Å². The third-order valence-electron chi connectivity index (χ3n) is 5.88. The van der Waals surface area contributed by atoms with Crippen molar-refractivity contribution >= 4 is 11.6 Å². The zero-order chi connectivity index (χ0) is 14.1. The van der Waals surface area contributed by atoms with Crippen molar-refractivity contribution in [1.29, 1.82) is 0 Å².